The zero-order valence-corrected chi connectivity index (χ0v) is 11.5. The molecule has 4 nitrogen and oxygen atoms in total. The minimum atomic E-state index is -0.799. The van der Waals surface area contributed by atoms with Gasteiger partial charge in [-0.15, -0.1) is 11.3 Å². The van der Waals surface area contributed by atoms with Crippen LogP contribution >= 0.6 is 11.3 Å². The Labute approximate surface area is 115 Å². The maximum atomic E-state index is 12.0. The van der Waals surface area contributed by atoms with Crippen molar-refractivity contribution in [3.8, 4) is 0 Å². The van der Waals surface area contributed by atoms with E-state index >= 15 is 0 Å². The van der Waals surface area contributed by atoms with Crippen LogP contribution in [0, 0.1) is 5.92 Å². The SMILES string of the molecule is C[C@@](O)(CNC(=O)c1nc2ccccc2s1)C1CC1. The van der Waals surface area contributed by atoms with Crippen molar-refractivity contribution in [2.45, 2.75) is 25.4 Å². The summed E-state index contributed by atoms with van der Waals surface area (Å²) in [6.07, 6.45) is 2.09. The summed E-state index contributed by atoms with van der Waals surface area (Å²) in [5, 5.41) is 13.4. The first-order chi connectivity index (χ1) is 9.06. The van der Waals surface area contributed by atoms with E-state index in [1.807, 2.05) is 24.3 Å². The van der Waals surface area contributed by atoms with Gasteiger partial charge in [0, 0.05) is 6.54 Å². The molecular formula is C14H16N2O2S. The Hall–Kier alpha value is -1.46. The van der Waals surface area contributed by atoms with Crippen LogP contribution in [-0.4, -0.2) is 28.1 Å². The molecule has 0 bridgehead atoms. The molecule has 1 atom stereocenters. The van der Waals surface area contributed by atoms with Crippen LogP contribution in [-0.2, 0) is 0 Å². The zero-order chi connectivity index (χ0) is 13.5. The van der Waals surface area contributed by atoms with Gasteiger partial charge in [0.15, 0.2) is 5.01 Å². The third-order valence-corrected chi connectivity index (χ3v) is 4.59. The number of aliphatic hydroxyl groups is 1. The van der Waals surface area contributed by atoms with E-state index < -0.39 is 5.60 Å². The summed E-state index contributed by atoms with van der Waals surface area (Å²) < 4.78 is 1.00. The molecule has 5 heteroatoms. The summed E-state index contributed by atoms with van der Waals surface area (Å²) >= 11 is 1.38. The fourth-order valence-corrected chi connectivity index (χ4v) is 3.04. The third kappa shape index (κ3) is 2.62. The third-order valence-electron chi connectivity index (χ3n) is 3.55. The normalized spacial score (nSPS) is 18.2. The number of carbonyl (C=O) groups is 1. The Bertz CT molecular complexity index is 584. The molecule has 0 saturated heterocycles. The lowest BCUT2D eigenvalue weighted by Crippen LogP contribution is -2.42. The summed E-state index contributed by atoms with van der Waals surface area (Å²) in [5.74, 6) is 0.116. The van der Waals surface area contributed by atoms with E-state index in [0.29, 0.717) is 10.9 Å². The number of rotatable bonds is 4. The van der Waals surface area contributed by atoms with Crippen molar-refractivity contribution in [3.05, 3.63) is 29.3 Å². The lowest BCUT2D eigenvalue weighted by molar-refractivity contribution is 0.0354. The van der Waals surface area contributed by atoms with E-state index in [1.54, 1.807) is 6.92 Å². The Morgan fingerprint density at radius 1 is 1.53 bits per heavy atom. The number of thiazole rings is 1. The molecule has 1 aliphatic carbocycles. The van der Waals surface area contributed by atoms with Gasteiger partial charge in [-0.1, -0.05) is 12.1 Å². The van der Waals surface area contributed by atoms with Gasteiger partial charge in [0.05, 0.1) is 15.8 Å². The van der Waals surface area contributed by atoms with Gasteiger partial charge in [0.1, 0.15) is 0 Å². The fourth-order valence-electron chi connectivity index (χ4n) is 2.15. The first-order valence-corrected chi connectivity index (χ1v) is 7.24. The predicted molar refractivity (Wildman–Crippen MR) is 75.3 cm³/mol. The van der Waals surface area contributed by atoms with E-state index in [9.17, 15) is 9.90 Å². The van der Waals surface area contributed by atoms with Gasteiger partial charge in [0.2, 0.25) is 0 Å². The van der Waals surface area contributed by atoms with Crippen LogP contribution in [0.5, 0.6) is 0 Å². The Morgan fingerprint density at radius 2 is 2.26 bits per heavy atom. The number of benzene rings is 1. The van der Waals surface area contributed by atoms with Crippen LogP contribution in [0.3, 0.4) is 0 Å². The highest BCUT2D eigenvalue weighted by atomic mass is 32.1. The van der Waals surface area contributed by atoms with Crippen molar-refractivity contribution in [3.63, 3.8) is 0 Å². The summed E-state index contributed by atoms with van der Waals surface area (Å²) in [6.45, 7) is 2.07. The van der Waals surface area contributed by atoms with Crippen LogP contribution in [0.25, 0.3) is 10.2 Å². The van der Waals surface area contributed by atoms with Gasteiger partial charge in [-0.05, 0) is 37.8 Å². The second-order valence-corrected chi connectivity index (χ2v) is 6.33. The van der Waals surface area contributed by atoms with E-state index in [2.05, 4.69) is 10.3 Å². The summed E-state index contributed by atoms with van der Waals surface area (Å²) in [6, 6.07) is 7.68. The Morgan fingerprint density at radius 3 is 2.95 bits per heavy atom. The highest BCUT2D eigenvalue weighted by Gasteiger charge is 2.40. The molecule has 1 aromatic heterocycles. The van der Waals surface area contributed by atoms with Crippen molar-refractivity contribution in [2.24, 2.45) is 5.92 Å². The molecule has 1 fully saturated rings. The van der Waals surface area contributed by atoms with Gasteiger partial charge in [-0.25, -0.2) is 4.98 Å². The van der Waals surface area contributed by atoms with Gasteiger partial charge in [-0.3, -0.25) is 4.79 Å². The molecule has 0 spiro atoms. The Balaban J connectivity index is 1.69. The van der Waals surface area contributed by atoms with Crippen LogP contribution < -0.4 is 5.32 Å². The smallest absolute Gasteiger partial charge is 0.280 e. The number of para-hydroxylation sites is 1. The number of hydrogen-bond donors (Lipinski definition) is 2. The van der Waals surface area contributed by atoms with E-state index in [-0.39, 0.29) is 12.5 Å². The monoisotopic (exact) mass is 276 g/mol. The van der Waals surface area contributed by atoms with Crippen LogP contribution in [0.15, 0.2) is 24.3 Å². The highest BCUT2D eigenvalue weighted by molar-refractivity contribution is 7.20. The number of amides is 1. The van der Waals surface area contributed by atoms with Crippen molar-refractivity contribution >= 4 is 27.5 Å². The highest BCUT2D eigenvalue weighted by Crippen LogP contribution is 2.39. The second-order valence-electron chi connectivity index (χ2n) is 5.30. The minimum absolute atomic E-state index is 0.206. The van der Waals surface area contributed by atoms with Crippen molar-refractivity contribution in [2.75, 3.05) is 6.54 Å². The van der Waals surface area contributed by atoms with Crippen molar-refractivity contribution in [1.82, 2.24) is 10.3 Å². The molecular weight excluding hydrogens is 260 g/mol. The number of nitrogens with zero attached hydrogens (tertiary/aromatic N) is 1. The molecule has 1 heterocycles. The van der Waals surface area contributed by atoms with Gasteiger partial charge in [-0.2, -0.15) is 0 Å². The first-order valence-electron chi connectivity index (χ1n) is 6.42. The molecule has 2 N–H and O–H groups in total. The molecule has 1 aromatic carbocycles. The largest absolute Gasteiger partial charge is 0.388 e. The molecule has 3 rings (SSSR count). The van der Waals surface area contributed by atoms with Crippen LogP contribution in [0.1, 0.15) is 29.6 Å². The van der Waals surface area contributed by atoms with Gasteiger partial charge >= 0.3 is 0 Å². The van der Waals surface area contributed by atoms with E-state index in [1.165, 1.54) is 11.3 Å². The summed E-state index contributed by atoms with van der Waals surface area (Å²) in [7, 11) is 0. The van der Waals surface area contributed by atoms with Gasteiger partial charge < -0.3 is 10.4 Å². The number of hydrogen-bond acceptors (Lipinski definition) is 4. The molecule has 0 aliphatic heterocycles. The average Bonchev–Trinajstić information content (AvgIpc) is 3.16. The lowest BCUT2D eigenvalue weighted by Gasteiger charge is -2.22. The number of nitrogens with one attached hydrogen (secondary N) is 1. The summed E-state index contributed by atoms with van der Waals surface area (Å²) in [5.41, 5.74) is 0.0402. The molecule has 19 heavy (non-hydrogen) atoms. The van der Waals surface area contributed by atoms with Crippen molar-refractivity contribution < 1.29 is 9.90 Å². The standard InChI is InChI=1S/C14H16N2O2S/c1-14(18,9-6-7-9)8-15-12(17)13-16-10-4-2-3-5-11(10)19-13/h2-5,9,18H,6-8H2,1H3,(H,15,17)/t14-/m1/s1. The second kappa shape index (κ2) is 4.58. The molecule has 1 saturated carbocycles. The molecule has 0 unspecified atom stereocenters. The molecule has 2 aromatic rings. The number of fused-ring (bicyclic) bond motifs is 1. The maximum absolute atomic E-state index is 12.0. The topological polar surface area (TPSA) is 62.2 Å². The number of aromatic nitrogens is 1. The first kappa shape index (κ1) is 12.6. The zero-order valence-electron chi connectivity index (χ0n) is 10.7. The molecule has 1 amide bonds. The number of carbonyl (C=O) groups excluding carboxylic acids is 1. The van der Waals surface area contributed by atoms with E-state index in [4.69, 9.17) is 0 Å². The minimum Gasteiger partial charge on any atom is -0.388 e. The van der Waals surface area contributed by atoms with Crippen LogP contribution in [0.2, 0.25) is 0 Å². The van der Waals surface area contributed by atoms with Crippen molar-refractivity contribution in [1.29, 1.82) is 0 Å². The molecule has 0 radical (unpaired) electrons. The summed E-state index contributed by atoms with van der Waals surface area (Å²) in [4.78, 5) is 16.3. The fraction of sp³-hybridized carbons (Fsp3) is 0.429. The van der Waals surface area contributed by atoms with Gasteiger partial charge in [0.25, 0.3) is 5.91 Å². The molecule has 100 valence electrons. The maximum Gasteiger partial charge on any atom is 0.280 e. The molecule has 1 aliphatic rings. The lowest BCUT2D eigenvalue weighted by atomic mass is 10.0. The predicted octanol–water partition coefficient (Wildman–Crippen LogP) is 2.19. The van der Waals surface area contributed by atoms with Crippen LogP contribution in [0.4, 0.5) is 0 Å². The Kier molecular flexibility index (Phi) is 3.03. The average molecular weight is 276 g/mol. The van der Waals surface area contributed by atoms with E-state index in [0.717, 1.165) is 23.1 Å². The quantitative estimate of drug-likeness (QED) is 0.899.